The van der Waals surface area contributed by atoms with Crippen LogP contribution < -0.4 is 10.2 Å². The number of nitrogens with one attached hydrogen (secondary N) is 1. The van der Waals surface area contributed by atoms with Crippen LogP contribution in [0.25, 0.3) is 0 Å². The quantitative estimate of drug-likeness (QED) is 0.929. The second-order valence-electron chi connectivity index (χ2n) is 4.85. The number of amides is 1. The highest BCUT2D eigenvalue weighted by molar-refractivity contribution is 5.94. The summed E-state index contributed by atoms with van der Waals surface area (Å²) in [5, 5.41) is 2.71. The normalized spacial score (nSPS) is 18.0. The summed E-state index contributed by atoms with van der Waals surface area (Å²) in [5.74, 6) is -0.0445. The molecule has 22 heavy (non-hydrogen) atoms. The number of nitrogens with zero attached hydrogens (tertiary/aromatic N) is 3. The number of hydrogen-bond acceptors (Lipinski definition) is 5. The maximum Gasteiger partial charge on any atom is 0.255 e. The number of carbonyl (C=O) groups excluding carboxylic acids is 1. The van der Waals surface area contributed by atoms with Gasteiger partial charge in [-0.3, -0.25) is 4.79 Å². The van der Waals surface area contributed by atoms with E-state index in [1.54, 1.807) is 18.5 Å². The van der Waals surface area contributed by atoms with Gasteiger partial charge in [-0.15, -0.1) is 0 Å². The Morgan fingerprint density at radius 3 is 2.73 bits per heavy atom. The van der Waals surface area contributed by atoms with E-state index in [-0.39, 0.29) is 11.7 Å². The van der Waals surface area contributed by atoms with Crippen LogP contribution in [0.1, 0.15) is 0 Å². The van der Waals surface area contributed by atoms with Crippen LogP contribution in [0.4, 0.5) is 16.0 Å². The first-order valence-electron chi connectivity index (χ1n) is 6.92. The molecule has 0 spiro atoms. The molecule has 1 aromatic carbocycles. The smallest absolute Gasteiger partial charge is 0.255 e. The Hall–Kier alpha value is -2.54. The third-order valence-electron chi connectivity index (χ3n) is 3.31. The summed E-state index contributed by atoms with van der Waals surface area (Å²) >= 11 is 0. The van der Waals surface area contributed by atoms with Crippen molar-refractivity contribution in [3.63, 3.8) is 0 Å². The molecule has 1 fully saturated rings. The highest BCUT2D eigenvalue weighted by atomic mass is 19.1. The number of anilines is 2. The zero-order chi connectivity index (χ0) is 15.4. The highest BCUT2D eigenvalue weighted by Gasteiger charge is 2.27. The molecule has 1 N–H and O–H groups in total. The summed E-state index contributed by atoms with van der Waals surface area (Å²) in [6.07, 6.45) is 2.69. The lowest BCUT2D eigenvalue weighted by molar-refractivity contribution is -0.128. The molecule has 2 aromatic rings. The molecule has 0 saturated carbocycles. The van der Waals surface area contributed by atoms with Gasteiger partial charge in [0.25, 0.3) is 5.91 Å². The number of halogens is 1. The standard InChI is InChI=1S/C15H15FN4O2/c16-11-2-4-12(5-3-11)19-14(21)13-10-20(8-9-22-13)15-17-6-1-7-18-15/h1-7,13H,8-10H2,(H,19,21)/t13-/m1/s1. The molecule has 3 rings (SSSR count). The van der Waals surface area contributed by atoms with Gasteiger partial charge < -0.3 is 15.0 Å². The molecule has 0 radical (unpaired) electrons. The van der Waals surface area contributed by atoms with Crippen LogP contribution >= 0.6 is 0 Å². The van der Waals surface area contributed by atoms with Crippen molar-refractivity contribution in [2.24, 2.45) is 0 Å². The van der Waals surface area contributed by atoms with Crippen LogP contribution in [-0.2, 0) is 9.53 Å². The Kier molecular flexibility index (Phi) is 4.24. The van der Waals surface area contributed by atoms with Crippen molar-refractivity contribution in [3.8, 4) is 0 Å². The minimum Gasteiger partial charge on any atom is -0.365 e. The summed E-state index contributed by atoms with van der Waals surface area (Å²) in [5.41, 5.74) is 0.531. The summed E-state index contributed by atoms with van der Waals surface area (Å²) in [6, 6.07) is 7.34. The zero-order valence-electron chi connectivity index (χ0n) is 11.8. The zero-order valence-corrected chi connectivity index (χ0v) is 11.8. The Morgan fingerprint density at radius 1 is 1.27 bits per heavy atom. The summed E-state index contributed by atoms with van der Waals surface area (Å²) < 4.78 is 18.4. The van der Waals surface area contributed by atoms with Crippen molar-refractivity contribution in [3.05, 3.63) is 48.5 Å². The van der Waals surface area contributed by atoms with Crippen LogP contribution in [0, 0.1) is 5.82 Å². The lowest BCUT2D eigenvalue weighted by Crippen LogP contribution is -2.48. The fourth-order valence-corrected chi connectivity index (χ4v) is 2.20. The summed E-state index contributed by atoms with van der Waals surface area (Å²) in [4.78, 5) is 22.5. The molecular weight excluding hydrogens is 287 g/mol. The van der Waals surface area contributed by atoms with Gasteiger partial charge in [-0.1, -0.05) is 0 Å². The van der Waals surface area contributed by atoms with E-state index in [2.05, 4.69) is 15.3 Å². The number of benzene rings is 1. The molecule has 1 aliphatic rings. The number of morpholine rings is 1. The molecule has 7 heteroatoms. The maximum absolute atomic E-state index is 12.9. The fourth-order valence-electron chi connectivity index (χ4n) is 2.20. The molecule has 1 aliphatic heterocycles. The van der Waals surface area contributed by atoms with Crippen LogP contribution in [0.2, 0.25) is 0 Å². The minimum absolute atomic E-state index is 0.271. The van der Waals surface area contributed by atoms with Crippen molar-refractivity contribution < 1.29 is 13.9 Å². The van der Waals surface area contributed by atoms with Crippen LogP contribution in [0.15, 0.2) is 42.7 Å². The molecule has 6 nitrogen and oxygen atoms in total. The third kappa shape index (κ3) is 3.37. The lowest BCUT2D eigenvalue weighted by Gasteiger charge is -2.32. The van der Waals surface area contributed by atoms with E-state index in [0.717, 1.165) is 0 Å². The van der Waals surface area contributed by atoms with Crippen molar-refractivity contribution in [1.29, 1.82) is 0 Å². The van der Waals surface area contributed by atoms with Gasteiger partial charge in [0.05, 0.1) is 13.2 Å². The van der Waals surface area contributed by atoms with Crippen LogP contribution in [-0.4, -0.2) is 41.7 Å². The largest absolute Gasteiger partial charge is 0.365 e. The van der Waals surface area contributed by atoms with E-state index in [4.69, 9.17) is 4.74 Å². The molecule has 0 unspecified atom stereocenters. The van der Waals surface area contributed by atoms with Crippen LogP contribution in [0.5, 0.6) is 0 Å². The van der Waals surface area contributed by atoms with Crippen molar-refractivity contribution in [2.75, 3.05) is 29.9 Å². The number of carbonyl (C=O) groups is 1. The predicted molar refractivity (Wildman–Crippen MR) is 79.0 cm³/mol. The van der Waals surface area contributed by atoms with Gasteiger partial charge in [0.1, 0.15) is 5.82 Å². The molecule has 0 bridgehead atoms. The van der Waals surface area contributed by atoms with E-state index in [1.165, 1.54) is 24.3 Å². The number of ether oxygens (including phenoxy) is 1. The average Bonchev–Trinajstić information content (AvgIpc) is 2.58. The first-order valence-corrected chi connectivity index (χ1v) is 6.92. The Balaban J connectivity index is 1.64. The van der Waals surface area contributed by atoms with Gasteiger partial charge in [-0.25, -0.2) is 14.4 Å². The second-order valence-corrected chi connectivity index (χ2v) is 4.85. The average molecular weight is 302 g/mol. The maximum atomic E-state index is 12.9. The Bertz CT molecular complexity index is 636. The summed E-state index contributed by atoms with van der Waals surface area (Å²) in [6.45, 7) is 1.42. The SMILES string of the molecule is O=C(Nc1ccc(F)cc1)[C@H]1CN(c2ncccn2)CCO1. The fraction of sp³-hybridized carbons (Fsp3) is 0.267. The van der Waals surface area contributed by atoms with Crippen molar-refractivity contribution in [2.45, 2.75) is 6.10 Å². The van der Waals surface area contributed by atoms with E-state index >= 15 is 0 Å². The summed E-state index contributed by atoms with van der Waals surface area (Å²) in [7, 11) is 0. The minimum atomic E-state index is -0.623. The van der Waals surface area contributed by atoms with E-state index in [1.807, 2.05) is 4.90 Å². The van der Waals surface area contributed by atoms with E-state index in [9.17, 15) is 9.18 Å². The first-order chi connectivity index (χ1) is 10.7. The monoisotopic (exact) mass is 302 g/mol. The molecule has 1 atom stereocenters. The van der Waals surface area contributed by atoms with Gasteiger partial charge >= 0.3 is 0 Å². The molecule has 1 saturated heterocycles. The number of rotatable bonds is 3. The number of hydrogen-bond donors (Lipinski definition) is 1. The van der Waals surface area contributed by atoms with Gasteiger partial charge in [0.2, 0.25) is 5.95 Å². The lowest BCUT2D eigenvalue weighted by atomic mass is 10.2. The van der Waals surface area contributed by atoms with Gasteiger partial charge in [0.15, 0.2) is 6.10 Å². The van der Waals surface area contributed by atoms with Gasteiger partial charge in [0, 0.05) is 24.6 Å². The van der Waals surface area contributed by atoms with E-state index in [0.29, 0.717) is 31.3 Å². The molecule has 2 heterocycles. The Labute approximate surface area is 126 Å². The van der Waals surface area contributed by atoms with Crippen LogP contribution in [0.3, 0.4) is 0 Å². The third-order valence-corrected chi connectivity index (χ3v) is 3.31. The topological polar surface area (TPSA) is 67.4 Å². The first kappa shape index (κ1) is 14.4. The Morgan fingerprint density at radius 2 is 2.00 bits per heavy atom. The van der Waals surface area contributed by atoms with Gasteiger partial charge in [-0.2, -0.15) is 0 Å². The molecule has 0 aliphatic carbocycles. The highest BCUT2D eigenvalue weighted by Crippen LogP contribution is 2.14. The van der Waals surface area contributed by atoms with E-state index < -0.39 is 6.10 Å². The van der Waals surface area contributed by atoms with Crippen molar-refractivity contribution >= 4 is 17.5 Å². The molecular formula is C15H15FN4O2. The van der Waals surface area contributed by atoms with Gasteiger partial charge in [-0.05, 0) is 30.3 Å². The molecule has 1 aromatic heterocycles. The molecule has 114 valence electrons. The second kappa shape index (κ2) is 6.48. The molecule has 1 amide bonds. The van der Waals surface area contributed by atoms with Crippen molar-refractivity contribution in [1.82, 2.24) is 9.97 Å². The predicted octanol–water partition coefficient (Wildman–Crippen LogP) is 1.46. The number of aromatic nitrogens is 2.